The summed E-state index contributed by atoms with van der Waals surface area (Å²) in [6, 6.07) is 17.0. The first kappa shape index (κ1) is 34.5. The van der Waals surface area contributed by atoms with Crippen molar-refractivity contribution in [1.82, 2.24) is 10.6 Å². The van der Waals surface area contributed by atoms with Gasteiger partial charge in [-0.1, -0.05) is 80.6 Å². The van der Waals surface area contributed by atoms with E-state index < -0.39 is 0 Å². The highest BCUT2D eigenvalue weighted by atomic mass is 16.5. The summed E-state index contributed by atoms with van der Waals surface area (Å²) in [5, 5.41) is 13.4. The van der Waals surface area contributed by atoms with E-state index in [1.165, 1.54) is 0 Å². The van der Waals surface area contributed by atoms with Gasteiger partial charge in [0.25, 0.3) is 11.8 Å². The Hall–Kier alpha value is -3.48. The van der Waals surface area contributed by atoms with Crippen molar-refractivity contribution in [3.05, 3.63) is 107 Å². The average molecular weight is 527 g/mol. The number of rotatable bonds is 8. The van der Waals surface area contributed by atoms with Gasteiger partial charge in [0.05, 0.1) is 6.10 Å². The molecule has 212 valence electrons. The number of benzene rings is 2. The van der Waals surface area contributed by atoms with Crippen molar-refractivity contribution in [2.75, 3.05) is 13.2 Å². The minimum absolute atomic E-state index is 0. The van der Waals surface area contributed by atoms with Gasteiger partial charge in [-0.05, 0) is 63.5 Å². The minimum Gasteiger partial charge on any atom is -0.397 e. The van der Waals surface area contributed by atoms with Crippen molar-refractivity contribution >= 4 is 11.8 Å². The number of carbonyl (C=O) groups is 2. The van der Waals surface area contributed by atoms with Crippen molar-refractivity contribution in [2.24, 2.45) is 0 Å². The minimum atomic E-state index is -0.102. The van der Waals surface area contributed by atoms with E-state index in [0.29, 0.717) is 30.3 Å². The van der Waals surface area contributed by atoms with Crippen LogP contribution in [0.5, 0.6) is 0 Å². The number of hydrogen-bond acceptors (Lipinski definition) is 4. The van der Waals surface area contributed by atoms with Gasteiger partial charge in [-0.15, -0.1) is 0 Å². The van der Waals surface area contributed by atoms with Crippen LogP contribution in [0.3, 0.4) is 0 Å². The molecule has 0 aliphatic heterocycles. The van der Waals surface area contributed by atoms with Gasteiger partial charge >= 0.3 is 0 Å². The van der Waals surface area contributed by atoms with Gasteiger partial charge in [0.1, 0.15) is 0 Å². The topological polar surface area (TPSA) is 87.7 Å². The number of nitrogens with one attached hydrogen (secondary N) is 2. The lowest BCUT2D eigenvalue weighted by molar-refractivity contribution is -0.117. The number of allylic oxidation sites excluding steroid dienone is 4. The molecule has 0 heterocycles. The third kappa shape index (κ3) is 16.3. The summed E-state index contributed by atoms with van der Waals surface area (Å²) in [4.78, 5) is 24.4. The number of ether oxygens (including phenoxy) is 1. The molecular formula is C32H50N2O4. The van der Waals surface area contributed by atoms with Crippen molar-refractivity contribution in [3.63, 3.8) is 0 Å². The monoisotopic (exact) mass is 526 g/mol. The van der Waals surface area contributed by atoms with Crippen LogP contribution in [-0.2, 0) is 22.6 Å². The van der Waals surface area contributed by atoms with E-state index in [1.807, 2.05) is 107 Å². The van der Waals surface area contributed by atoms with Crippen LogP contribution in [0.25, 0.3) is 0 Å². The largest absolute Gasteiger partial charge is 0.397 e. The number of hydrogen-bond donors (Lipinski definition) is 3. The molecule has 3 N–H and O–H groups in total. The number of aliphatic hydroxyl groups is 1. The highest BCUT2D eigenvalue weighted by Crippen LogP contribution is 2.08. The summed E-state index contributed by atoms with van der Waals surface area (Å²) < 4.78 is 5.04. The van der Waals surface area contributed by atoms with Gasteiger partial charge in [-0.3, -0.25) is 9.59 Å². The summed E-state index contributed by atoms with van der Waals surface area (Å²) >= 11 is 0. The fourth-order valence-corrected chi connectivity index (χ4v) is 3.09. The first-order chi connectivity index (χ1) is 18.4. The molecule has 6 nitrogen and oxygen atoms in total. The molecule has 0 spiro atoms. The molecule has 6 heteroatoms. The lowest BCUT2D eigenvalue weighted by atomic mass is 10.1. The Labute approximate surface area is 232 Å². The number of aliphatic hydroxyl groups excluding tert-OH is 1. The maximum atomic E-state index is 12.3. The summed E-state index contributed by atoms with van der Waals surface area (Å²) in [6.45, 7) is 13.7. The molecule has 1 aliphatic carbocycles. The Morgan fingerprint density at radius 1 is 0.921 bits per heavy atom. The van der Waals surface area contributed by atoms with E-state index in [1.54, 1.807) is 19.1 Å². The molecule has 1 aliphatic rings. The Bertz CT molecular complexity index is 1010. The normalized spacial score (nSPS) is 11.3. The molecule has 2 amide bonds. The SMILES string of the molecule is CC.CCO.CCOC(C)C.O=C(NCc1cccc(CNC(=O)c2ccccc2)c1)C1=CCC=CC=C1.[HH].[HH]. The standard InChI is InChI=1S/C23H22N2O2.C5H12O.C2H6O.C2H6.2H2/c26-22(20-11-4-1-2-5-12-20)24-16-18-9-8-10-19(15-18)17-25-23(27)21-13-6-3-7-14-21;1-4-6-5(2)3;1-2-3;1-2;;/h1-4,6-15H,5,16-17H2,(H,24,26)(H,25,27);5H,4H2,1-3H3;3H,2H2,1H3;1-2H3;2*1H. The molecule has 0 atom stereocenters. The van der Waals surface area contributed by atoms with E-state index in [9.17, 15) is 9.59 Å². The van der Waals surface area contributed by atoms with E-state index >= 15 is 0 Å². The third-order valence-electron chi connectivity index (χ3n) is 4.69. The second-order valence-corrected chi connectivity index (χ2v) is 8.05. The van der Waals surface area contributed by atoms with Crippen molar-refractivity contribution in [3.8, 4) is 0 Å². The Morgan fingerprint density at radius 3 is 2.03 bits per heavy atom. The molecule has 38 heavy (non-hydrogen) atoms. The van der Waals surface area contributed by atoms with Gasteiger partial charge in [0.15, 0.2) is 0 Å². The maximum absolute atomic E-state index is 12.3. The fourth-order valence-electron chi connectivity index (χ4n) is 3.09. The second-order valence-electron chi connectivity index (χ2n) is 8.05. The van der Waals surface area contributed by atoms with Crippen LogP contribution in [-0.4, -0.2) is 36.2 Å². The van der Waals surface area contributed by atoms with E-state index in [2.05, 4.69) is 10.6 Å². The zero-order valence-corrected chi connectivity index (χ0v) is 23.9. The lowest BCUT2D eigenvalue weighted by Crippen LogP contribution is -2.24. The molecule has 0 fully saturated rings. The smallest absolute Gasteiger partial charge is 0.251 e. The van der Waals surface area contributed by atoms with Crippen molar-refractivity contribution in [1.29, 1.82) is 0 Å². The first-order valence-electron chi connectivity index (χ1n) is 13.4. The van der Waals surface area contributed by atoms with Crippen LogP contribution >= 0.6 is 0 Å². The first-order valence-corrected chi connectivity index (χ1v) is 13.4. The molecule has 0 bridgehead atoms. The van der Waals surface area contributed by atoms with Gasteiger partial charge < -0.3 is 20.5 Å². The summed E-state index contributed by atoms with van der Waals surface area (Å²) in [5.41, 5.74) is 3.29. The van der Waals surface area contributed by atoms with E-state index in [0.717, 1.165) is 24.2 Å². The third-order valence-corrected chi connectivity index (χ3v) is 4.69. The highest BCUT2D eigenvalue weighted by molar-refractivity contribution is 5.96. The quantitative estimate of drug-likeness (QED) is 0.361. The Kier molecular flexibility index (Phi) is 20.6. The van der Waals surface area contributed by atoms with Crippen LogP contribution < -0.4 is 10.6 Å². The molecule has 0 saturated carbocycles. The molecule has 2 aromatic rings. The van der Waals surface area contributed by atoms with Crippen LogP contribution in [0.2, 0.25) is 0 Å². The lowest BCUT2D eigenvalue weighted by Gasteiger charge is -2.09. The predicted octanol–water partition coefficient (Wildman–Crippen LogP) is 6.62. The Morgan fingerprint density at radius 2 is 1.50 bits per heavy atom. The molecule has 0 unspecified atom stereocenters. The number of amides is 2. The second kappa shape index (κ2) is 22.7. The van der Waals surface area contributed by atoms with Crippen LogP contribution in [0, 0.1) is 0 Å². The fraction of sp³-hybridized carbons (Fsp3) is 0.375. The van der Waals surface area contributed by atoms with Gasteiger partial charge in [-0.2, -0.15) is 0 Å². The zero-order chi connectivity index (χ0) is 28.6. The summed E-state index contributed by atoms with van der Waals surface area (Å²) in [6.07, 6.45) is 10.7. The molecule has 2 aromatic carbocycles. The molecule has 0 radical (unpaired) electrons. The molecule has 3 rings (SSSR count). The van der Waals surface area contributed by atoms with Gasteiger partial charge in [-0.25, -0.2) is 0 Å². The van der Waals surface area contributed by atoms with Crippen molar-refractivity contribution in [2.45, 2.75) is 67.2 Å². The van der Waals surface area contributed by atoms with Crippen molar-refractivity contribution < 1.29 is 22.3 Å². The summed E-state index contributed by atoms with van der Waals surface area (Å²) in [7, 11) is 0. The predicted molar refractivity (Wildman–Crippen MR) is 162 cm³/mol. The molecule has 0 aromatic heterocycles. The Balaban J connectivity index is -0.000000910. The maximum Gasteiger partial charge on any atom is 0.251 e. The number of carbonyl (C=O) groups excluding carboxylic acids is 2. The molecular weight excluding hydrogens is 476 g/mol. The van der Waals surface area contributed by atoms with E-state index in [4.69, 9.17) is 9.84 Å². The van der Waals surface area contributed by atoms with Gasteiger partial charge in [0, 0.05) is 40.3 Å². The average Bonchev–Trinajstić information content (AvgIpc) is 3.23. The van der Waals surface area contributed by atoms with E-state index in [-0.39, 0.29) is 21.3 Å². The van der Waals surface area contributed by atoms with Crippen LogP contribution in [0.1, 0.15) is 72.3 Å². The van der Waals surface area contributed by atoms with Crippen LogP contribution in [0.4, 0.5) is 0 Å². The molecule has 0 saturated heterocycles. The van der Waals surface area contributed by atoms with Gasteiger partial charge in [0.2, 0.25) is 0 Å². The van der Waals surface area contributed by atoms with Crippen LogP contribution in [0.15, 0.2) is 90.6 Å². The summed E-state index contributed by atoms with van der Waals surface area (Å²) in [5.74, 6) is -0.187. The highest BCUT2D eigenvalue weighted by Gasteiger charge is 2.07. The zero-order valence-electron chi connectivity index (χ0n) is 23.9.